The Bertz CT molecular complexity index is 605. The molecule has 1 saturated carbocycles. The standard InChI is InChI=1S/C27H44NO2.ClH/c1-2-4-6-12-18-27(19-13-7-5-3-1)29-24-26(30-27)23-28(20-14-9-15-21-28)22-25-16-10-8-11-17-25;/h8,10-11,16-17,26H,1-7,9,12-15,18-24H2;1H/q+1;/p-1. The number of benzene rings is 1. The predicted molar refractivity (Wildman–Crippen MR) is 123 cm³/mol. The fourth-order valence-electron chi connectivity index (χ4n) is 6.11. The lowest BCUT2D eigenvalue weighted by atomic mass is 9.97. The highest BCUT2D eigenvalue weighted by Gasteiger charge is 2.44. The summed E-state index contributed by atoms with van der Waals surface area (Å²) in [6.45, 7) is 5.66. The summed E-state index contributed by atoms with van der Waals surface area (Å²) in [6, 6.07) is 11.1. The van der Waals surface area contributed by atoms with Gasteiger partial charge in [0.2, 0.25) is 0 Å². The molecule has 0 bridgehead atoms. The first-order valence-corrected chi connectivity index (χ1v) is 13.0. The lowest BCUT2D eigenvalue weighted by molar-refractivity contribution is -0.947. The fraction of sp³-hybridized carbons (Fsp3) is 0.778. The summed E-state index contributed by atoms with van der Waals surface area (Å²) in [4.78, 5) is 0. The Morgan fingerprint density at radius 3 is 1.90 bits per heavy atom. The molecule has 2 aliphatic heterocycles. The molecule has 1 aromatic carbocycles. The van der Waals surface area contributed by atoms with E-state index in [-0.39, 0.29) is 24.3 Å². The molecule has 3 aliphatic rings. The Kier molecular flexibility index (Phi) is 10.2. The maximum absolute atomic E-state index is 6.82. The Morgan fingerprint density at radius 1 is 0.742 bits per heavy atom. The molecule has 3 fully saturated rings. The lowest BCUT2D eigenvalue weighted by Gasteiger charge is -2.43. The first kappa shape index (κ1) is 25.0. The van der Waals surface area contributed by atoms with E-state index >= 15 is 0 Å². The highest BCUT2D eigenvalue weighted by Crippen LogP contribution is 2.37. The molecule has 1 aliphatic carbocycles. The summed E-state index contributed by atoms with van der Waals surface area (Å²) in [5.41, 5.74) is 1.47. The molecule has 1 unspecified atom stereocenters. The van der Waals surface area contributed by atoms with Gasteiger partial charge in [-0.3, -0.25) is 0 Å². The van der Waals surface area contributed by atoms with E-state index in [4.69, 9.17) is 9.47 Å². The highest BCUT2D eigenvalue weighted by atomic mass is 35.5. The van der Waals surface area contributed by atoms with Crippen molar-refractivity contribution in [3.63, 3.8) is 0 Å². The Hall–Kier alpha value is -0.610. The number of ether oxygens (including phenoxy) is 2. The summed E-state index contributed by atoms with van der Waals surface area (Å²) in [5.74, 6) is -0.281. The molecule has 176 valence electrons. The number of hydrogen-bond acceptors (Lipinski definition) is 2. The molecule has 0 amide bonds. The fourth-order valence-corrected chi connectivity index (χ4v) is 6.11. The van der Waals surface area contributed by atoms with Gasteiger partial charge in [0.15, 0.2) is 5.79 Å². The van der Waals surface area contributed by atoms with Gasteiger partial charge in [0.1, 0.15) is 19.2 Å². The molecule has 4 heteroatoms. The quantitative estimate of drug-likeness (QED) is 0.654. The van der Waals surface area contributed by atoms with Gasteiger partial charge in [-0.15, -0.1) is 0 Å². The van der Waals surface area contributed by atoms with Gasteiger partial charge in [-0.2, -0.15) is 0 Å². The van der Waals surface area contributed by atoms with E-state index in [1.165, 1.54) is 100 Å². The molecule has 3 nitrogen and oxygen atoms in total. The topological polar surface area (TPSA) is 18.5 Å². The Labute approximate surface area is 196 Å². The monoisotopic (exact) mass is 449 g/mol. The number of quaternary nitrogens is 1. The summed E-state index contributed by atoms with van der Waals surface area (Å²) in [6.07, 6.45) is 18.8. The number of piperidine rings is 1. The van der Waals surface area contributed by atoms with Gasteiger partial charge in [0.05, 0.1) is 19.7 Å². The minimum Gasteiger partial charge on any atom is -1.00 e. The molecular weight excluding hydrogens is 406 g/mol. The first-order chi connectivity index (χ1) is 14.8. The second-order valence-electron chi connectivity index (χ2n) is 10.3. The molecule has 0 radical (unpaired) electrons. The highest BCUT2D eigenvalue weighted by molar-refractivity contribution is 5.13. The van der Waals surface area contributed by atoms with Crippen LogP contribution >= 0.6 is 0 Å². The zero-order valence-electron chi connectivity index (χ0n) is 19.5. The van der Waals surface area contributed by atoms with Crippen LogP contribution in [-0.2, 0) is 16.0 Å². The van der Waals surface area contributed by atoms with Crippen molar-refractivity contribution in [2.24, 2.45) is 0 Å². The van der Waals surface area contributed by atoms with Gasteiger partial charge < -0.3 is 26.4 Å². The third-order valence-corrected chi connectivity index (χ3v) is 7.75. The zero-order chi connectivity index (χ0) is 20.5. The summed E-state index contributed by atoms with van der Waals surface area (Å²) in [7, 11) is 0. The van der Waals surface area contributed by atoms with E-state index in [0.717, 1.165) is 32.5 Å². The van der Waals surface area contributed by atoms with Crippen molar-refractivity contribution >= 4 is 0 Å². The second kappa shape index (κ2) is 12.6. The van der Waals surface area contributed by atoms with Gasteiger partial charge >= 0.3 is 0 Å². The summed E-state index contributed by atoms with van der Waals surface area (Å²) in [5, 5.41) is 0. The van der Waals surface area contributed by atoms with Crippen molar-refractivity contribution in [3.05, 3.63) is 35.9 Å². The average molecular weight is 450 g/mol. The smallest absolute Gasteiger partial charge is 0.169 e. The molecule has 2 saturated heterocycles. The molecule has 0 N–H and O–H groups in total. The maximum atomic E-state index is 6.82. The van der Waals surface area contributed by atoms with Crippen LogP contribution in [0.5, 0.6) is 0 Å². The molecular formula is C27H44ClNO2. The van der Waals surface area contributed by atoms with Crippen LogP contribution < -0.4 is 12.4 Å². The van der Waals surface area contributed by atoms with E-state index in [9.17, 15) is 0 Å². The molecule has 2 heterocycles. The maximum Gasteiger partial charge on any atom is 0.169 e. The molecule has 31 heavy (non-hydrogen) atoms. The van der Waals surface area contributed by atoms with E-state index in [1.54, 1.807) is 0 Å². The second-order valence-corrected chi connectivity index (χ2v) is 10.3. The number of likely N-dealkylation sites (tertiary alicyclic amines) is 1. The Balaban J connectivity index is 0.00000272. The molecule has 1 aromatic rings. The van der Waals surface area contributed by atoms with Crippen LogP contribution in [0.1, 0.15) is 95.5 Å². The normalized spacial score (nSPS) is 27.0. The minimum atomic E-state index is -0.281. The van der Waals surface area contributed by atoms with Crippen molar-refractivity contribution in [1.29, 1.82) is 0 Å². The van der Waals surface area contributed by atoms with Gasteiger partial charge in [0, 0.05) is 18.4 Å². The van der Waals surface area contributed by atoms with E-state index in [1.807, 2.05) is 0 Å². The largest absolute Gasteiger partial charge is 1.00 e. The van der Waals surface area contributed by atoms with Crippen LogP contribution in [0.3, 0.4) is 0 Å². The van der Waals surface area contributed by atoms with Crippen LogP contribution in [0, 0.1) is 0 Å². The number of nitrogens with zero attached hydrogens (tertiary/aromatic N) is 1. The van der Waals surface area contributed by atoms with Crippen LogP contribution in [0.2, 0.25) is 0 Å². The van der Waals surface area contributed by atoms with Crippen molar-refractivity contribution < 1.29 is 26.4 Å². The lowest BCUT2D eigenvalue weighted by Crippen LogP contribution is -3.00. The Morgan fingerprint density at radius 2 is 1.29 bits per heavy atom. The number of hydrogen-bond donors (Lipinski definition) is 0. The van der Waals surface area contributed by atoms with Crippen molar-refractivity contribution in [3.8, 4) is 0 Å². The van der Waals surface area contributed by atoms with Crippen LogP contribution in [0.25, 0.3) is 0 Å². The molecule has 1 spiro atoms. The third kappa shape index (κ3) is 7.45. The molecule has 4 rings (SSSR count). The first-order valence-electron chi connectivity index (χ1n) is 13.0. The van der Waals surface area contributed by atoms with Gasteiger partial charge in [0.25, 0.3) is 0 Å². The van der Waals surface area contributed by atoms with E-state index < -0.39 is 0 Å². The van der Waals surface area contributed by atoms with Crippen LogP contribution in [-0.4, -0.2) is 42.6 Å². The number of rotatable bonds is 4. The molecule has 1 atom stereocenters. The van der Waals surface area contributed by atoms with Gasteiger partial charge in [-0.1, -0.05) is 75.3 Å². The molecule has 0 aromatic heterocycles. The van der Waals surface area contributed by atoms with E-state index in [2.05, 4.69) is 30.3 Å². The van der Waals surface area contributed by atoms with Crippen molar-refractivity contribution in [1.82, 2.24) is 0 Å². The summed E-state index contributed by atoms with van der Waals surface area (Å²) >= 11 is 0. The summed E-state index contributed by atoms with van der Waals surface area (Å²) < 4.78 is 14.5. The number of halogens is 1. The van der Waals surface area contributed by atoms with Crippen molar-refractivity contribution in [2.75, 3.05) is 26.2 Å². The predicted octanol–water partition coefficient (Wildman–Crippen LogP) is 3.61. The third-order valence-electron chi connectivity index (χ3n) is 7.75. The van der Waals surface area contributed by atoms with Gasteiger partial charge in [-0.25, -0.2) is 0 Å². The van der Waals surface area contributed by atoms with E-state index in [0.29, 0.717) is 0 Å². The van der Waals surface area contributed by atoms with Crippen LogP contribution in [0.4, 0.5) is 0 Å². The van der Waals surface area contributed by atoms with Gasteiger partial charge in [-0.05, 0) is 32.1 Å². The SMILES string of the molecule is [Cl-].c1ccc(C[N+]2(CC3COC4(CCCCCCCCCCC4)O3)CCCCC2)cc1. The minimum absolute atomic E-state index is 0. The zero-order valence-corrected chi connectivity index (χ0v) is 20.3. The van der Waals surface area contributed by atoms with Crippen LogP contribution in [0.15, 0.2) is 30.3 Å². The van der Waals surface area contributed by atoms with Crippen molar-refractivity contribution in [2.45, 2.75) is 108 Å². The average Bonchev–Trinajstić information content (AvgIpc) is 3.14.